The van der Waals surface area contributed by atoms with E-state index in [9.17, 15) is 4.79 Å². The predicted octanol–water partition coefficient (Wildman–Crippen LogP) is 3.99. The lowest BCUT2D eigenvalue weighted by Crippen LogP contribution is -2.22. The average molecular weight is 265 g/mol. The van der Waals surface area contributed by atoms with Crippen molar-refractivity contribution in [1.82, 2.24) is 4.90 Å². The lowest BCUT2D eigenvalue weighted by molar-refractivity contribution is -0.132. The van der Waals surface area contributed by atoms with Crippen LogP contribution in [0.15, 0.2) is 36.1 Å². The first kappa shape index (κ1) is 17.5. The van der Waals surface area contributed by atoms with Gasteiger partial charge >= 0.3 is 5.97 Å². The Bertz CT molecular complexity index is 343. The summed E-state index contributed by atoms with van der Waals surface area (Å²) in [6, 6.07) is 0. The lowest BCUT2D eigenvalue weighted by atomic mass is 10.2. The first-order valence-corrected chi connectivity index (χ1v) is 6.95. The Labute approximate surface area is 117 Å². The number of unbranched alkanes of at least 4 members (excludes halogenated alkanes) is 2. The van der Waals surface area contributed by atoms with Crippen molar-refractivity contribution in [2.45, 2.75) is 46.5 Å². The van der Waals surface area contributed by atoms with E-state index in [-0.39, 0.29) is 0 Å². The van der Waals surface area contributed by atoms with Crippen LogP contribution in [0.1, 0.15) is 46.5 Å². The van der Waals surface area contributed by atoms with Crippen molar-refractivity contribution >= 4 is 5.97 Å². The van der Waals surface area contributed by atoms with Gasteiger partial charge in [0.15, 0.2) is 0 Å². The number of carboxylic acids is 1. The largest absolute Gasteiger partial charge is 0.478 e. The van der Waals surface area contributed by atoms with E-state index in [1.807, 2.05) is 6.08 Å². The second-order valence-electron chi connectivity index (χ2n) is 4.63. The van der Waals surface area contributed by atoms with Crippen LogP contribution in [0.2, 0.25) is 0 Å². The molecule has 0 saturated carbocycles. The van der Waals surface area contributed by atoms with E-state index < -0.39 is 5.97 Å². The van der Waals surface area contributed by atoms with Crippen molar-refractivity contribution in [3.8, 4) is 0 Å². The Morgan fingerprint density at radius 3 is 2.42 bits per heavy atom. The number of carbonyl (C=O) groups is 1. The molecule has 0 aromatic rings. The third-order valence-electron chi connectivity index (χ3n) is 3.12. The molecule has 0 aliphatic rings. The molecule has 0 spiro atoms. The molecular formula is C16H27NO2. The first-order chi connectivity index (χ1) is 9.02. The second kappa shape index (κ2) is 10.4. The van der Waals surface area contributed by atoms with Crippen LogP contribution in [0.5, 0.6) is 0 Å². The summed E-state index contributed by atoms with van der Waals surface area (Å²) in [6.07, 6.45) is 10.0. The highest BCUT2D eigenvalue weighted by Gasteiger charge is 2.03. The van der Waals surface area contributed by atoms with Crippen molar-refractivity contribution in [1.29, 1.82) is 0 Å². The monoisotopic (exact) mass is 265 g/mol. The fourth-order valence-electron chi connectivity index (χ4n) is 1.81. The molecule has 0 fully saturated rings. The number of aliphatic carboxylic acids is 1. The van der Waals surface area contributed by atoms with Crippen LogP contribution >= 0.6 is 0 Å². The quantitative estimate of drug-likeness (QED) is 0.369. The second-order valence-corrected chi connectivity index (χ2v) is 4.63. The molecular weight excluding hydrogens is 238 g/mol. The minimum Gasteiger partial charge on any atom is -0.478 e. The zero-order valence-corrected chi connectivity index (χ0v) is 12.5. The zero-order valence-electron chi connectivity index (χ0n) is 12.5. The number of hydrogen-bond donors (Lipinski definition) is 1. The van der Waals surface area contributed by atoms with Gasteiger partial charge in [0, 0.05) is 24.4 Å². The Morgan fingerprint density at radius 2 is 1.89 bits per heavy atom. The molecule has 1 N–H and O–H groups in total. The van der Waals surface area contributed by atoms with Crippen molar-refractivity contribution in [2.75, 3.05) is 13.1 Å². The summed E-state index contributed by atoms with van der Waals surface area (Å²) in [7, 11) is 0. The van der Waals surface area contributed by atoms with Gasteiger partial charge < -0.3 is 10.0 Å². The molecule has 0 bridgehead atoms. The third kappa shape index (κ3) is 8.25. The van der Waals surface area contributed by atoms with Gasteiger partial charge in [-0.15, -0.1) is 6.58 Å². The summed E-state index contributed by atoms with van der Waals surface area (Å²) >= 11 is 0. The highest BCUT2D eigenvalue weighted by atomic mass is 16.4. The molecule has 3 nitrogen and oxygen atoms in total. The molecule has 0 amide bonds. The maximum Gasteiger partial charge on any atom is 0.330 e. The SMILES string of the molecule is C=CCCC/C=C(/C)N(CC)CCC=C(C)C(=O)O. The number of allylic oxidation sites excluding steroid dienone is 3. The summed E-state index contributed by atoms with van der Waals surface area (Å²) in [5.74, 6) is -0.834. The van der Waals surface area contributed by atoms with Crippen molar-refractivity contribution < 1.29 is 9.90 Å². The predicted molar refractivity (Wildman–Crippen MR) is 81.1 cm³/mol. The van der Waals surface area contributed by atoms with Crippen LogP contribution in [0.25, 0.3) is 0 Å². The van der Waals surface area contributed by atoms with Crippen LogP contribution in [-0.4, -0.2) is 29.1 Å². The Kier molecular flexibility index (Phi) is 9.59. The third-order valence-corrected chi connectivity index (χ3v) is 3.12. The fraction of sp³-hybridized carbons (Fsp3) is 0.562. The Morgan fingerprint density at radius 1 is 1.21 bits per heavy atom. The van der Waals surface area contributed by atoms with Gasteiger partial charge in [-0.05, 0) is 46.5 Å². The van der Waals surface area contributed by atoms with Crippen LogP contribution in [0.3, 0.4) is 0 Å². The maximum absolute atomic E-state index is 10.7. The number of hydrogen-bond acceptors (Lipinski definition) is 2. The topological polar surface area (TPSA) is 40.5 Å². The molecule has 0 unspecified atom stereocenters. The molecule has 0 atom stereocenters. The molecule has 108 valence electrons. The van der Waals surface area contributed by atoms with E-state index in [1.54, 1.807) is 13.0 Å². The van der Waals surface area contributed by atoms with E-state index >= 15 is 0 Å². The van der Waals surface area contributed by atoms with E-state index in [0.717, 1.165) is 38.8 Å². The molecule has 0 aliphatic heterocycles. The molecule has 0 aliphatic carbocycles. The van der Waals surface area contributed by atoms with E-state index in [0.29, 0.717) is 5.57 Å². The standard InChI is InChI=1S/C16H27NO2/c1-5-7-8-9-12-15(4)17(6-2)13-10-11-14(3)16(18)19/h5,11-12H,1,6-10,13H2,2-4H3,(H,18,19)/b14-11?,15-12-. The molecule has 0 radical (unpaired) electrons. The molecule has 0 heterocycles. The van der Waals surface area contributed by atoms with Crippen LogP contribution in [0.4, 0.5) is 0 Å². The van der Waals surface area contributed by atoms with E-state index in [2.05, 4.69) is 31.4 Å². The first-order valence-electron chi connectivity index (χ1n) is 6.95. The maximum atomic E-state index is 10.7. The molecule has 0 rings (SSSR count). The summed E-state index contributed by atoms with van der Waals surface area (Å²) in [6.45, 7) is 11.4. The summed E-state index contributed by atoms with van der Waals surface area (Å²) in [4.78, 5) is 13.0. The number of rotatable bonds is 10. The summed E-state index contributed by atoms with van der Waals surface area (Å²) < 4.78 is 0. The van der Waals surface area contributed by atoms with Crippen LogP contribution in [0, 0.1) is 0 Å². The molecule has 3 heteroatoms. The zero-order chi connectivity index (χ0) is 14.7. The molecule has 0 aromatic heterocycles. The van der Waals surface area contributed by atoms with Gasteiger partial charge in [0.2, 0.25) is 0 Å². The number of nitrogens with zero attached hydrogens (tertiary/aromatic N) is 1. The highest BCUT2D eigenvalue weighted by molar-refractivity contribution is 5.85. The van der Waals surface area contributed by atoms with Gasteiger partial charge in [0.1, 0.15) is 0 Å². The normalized spacial score (nSPS) is 12.4. The van der Waals surface area contributed by atoms with Crippen molar-refractivity contribution in [3.05, 3.63) is 36.1 Å². The average Bonchev–Trinajstić information content (AvgIpc) is 2.39. The van der Waals surface area contributed by atoms with Gasteiger partial charge in [-0.3, -0.25) is 0 Å². The van der Waals surface area contributed by atoms with E-state index in [4.69, 9.17) is 5.11 Å². The lowest BCUT2D eigenvalue weighted by Gasteiger charge is -2.23. The van der Waals surface area contributed by atoms with E-state index in [1.165, 1.54) is 5.70 Å². The molecule has 0 saturated heterocycles. The van der Waals surface area contributed by atoms with Gasteiger partial charge in [0.05, 0.1) is 0 Å². The van der Waals surface area contributed by atoms with Crippen molar-refractivity contribution in [3.63, 3.8) is 0 Å². The Balaban J connectivity index is 4.22. The van der Waals surface area contributed by atoms with Crippen LogP contribution < -0.4 is 0 Å². The van der Waals surface area contributed by atoms with Gasteiger partial charge in [-0.1, -0.05) is 18.2 Å². The van der Waals surface area contributed by atoms with Gasteiger partial charge in [-0.25, -0.2) is 4.79 Å². The minimum atomic E-state index is -0.834. The molecule has 19 heavy (non-hydrogen) atoms. The van der Waals surface area contributed by atoms with Crippen LogP contribution in [-0.2, 0) is 4.79 Å². The summed E-state index contributed by atoms with van der Waals surface area (Å²) in [5, 5.41) is 8.78. The Hall–Kier alpha value is -1.51. The van der Waals surface area contributed by atoms with Gasteiger partial charge in [0.25, 0.3) is 0 Å². The van der Waals surface area contributed by atoms with Gasteiger partial charge in [-0.2, -0.15) is 0 Å². The molecule has 0 aromatic carbocycles. The highest BCUT2D eigenvalue weighted by Crippen LogP contribution is 2.08. The van der Waals surface area contributed by atoms with Crippen molar-refractivity contribution in [2.24, 2.45) is 0 Å². The minimum absolute atomic E-state index is 0.420. The number of carboxylic acid groups (broad SMARTS) is 1. The smallest absolute Gasteiger partial charge is 0.330 e. The summed E-state index contributed by atoms with van der Waals surface area (Å²) in [5.41, 5.74) is 1.69. The fourth-order valence-corrected chi connectivity index (χ4v) is 1.81.